The smallest absolute Gasteiger partial charge is 0.275 e. The summed E-state index contributed by atoms with van der Waals surface area (Å²) < 4.78 is 0. The van der Waals surface area contributed by atoms with Gasteiger partial charge in [0.25, 0.3) is 5.91 Å². The zero-order valence-corrected chi connectivity index (χ0v) is 13.1. The maximum atomic E-state index is 12.1. The maximum Gasteiger partial charge on any atom is 0.275 e. The van der Waals surface area contributed by atoms with Gasteiger partial charge in [0.05, 0.1) is 26.4 Å². The van der Waals surface area contributed by atoms with Gasteiger partial charge < -0.3 is 5.32 Å². The van der Waals surface area contributed by atoms with Crippen molar-refractivity contribution in [1.82, 2.24) is 0 Å². The Labute approximate surface area is 136 Å². The topological polar surface area (TPSA) is 41.5 Å². The Morgan fingerprint density at radius 3 is 2.43 bits per heavy atom. The zero-order chi connectivity index (χ0) is 15.1. The molecular formula is C15H9Cl3N2O. The Morgan fingerprint density at radius 2 is 1.71 bits per heavy atom. The summed E-state index contributed by atoms with van der Waals surface area (Å²) in [5.41, 5.74) is 3.07. The Hall–Kier alpha value is -1.55. The fourth-order valence-corrected chi connectivity index (χ4v) is 2.69. The highest BCUT2D eigenvalue weighted by atomic mass is 35.5. The van der Waals surface area contributed by atoms with Crippen molar-refractivity contribution in [2.75, 3.05) is 5.32 Å². The number of hydrogen-bond acceptors (Lipinski definition) is 2. The number of rotatable bonds is 1. The minimum atomic E-state index is -0.285. The van der Waals surface area contributed by atoms with E-state index in [-0.39, 0.29) is 11.6 Å². The van der Waals surface area contributed by atoms with Crippen LogP contribution in [-0.4, -0.2) is 11.6 Å². The van der Waals surface area contributed by atoms with Crippen molar-refractivity contribution in [2.24, 2.45) is 4.99 Å². The van der Waals surface area contributed by atoms with Gasteiger partial charge in [-0.2, -0.15) is 0 Å². The summed E-state index contributed by atoms with van der Waals surface area (Å²) >= 11 is 18.0. The van der Waals surface area contributed by atoms with Gasteiger partial charge in [0.2, 0.25) is 0 Å². The van der Waals surface area contributed by atoms with Gasteiger partial charge in [-0.3, -0.25) is 4.79 Å². The van der Waals surface area contributed by atoms with Crippen molar-refractivity contribution in [2.45, 2.75) is 6.92 Å². The minimum absolute atomic E-state index is 0.275. The summed E-state index contributed by atoms with van der Waals surface area (Å²) in [6.07, 6.45) is 0. The maximum absolute atomic E-state index is 12.1. The number of benzene rings is 2. The first-order chi connectivity index (χ1) is 9.97. The molecule has 2 aromatic carbocycles. The van der Waals surface area contributed by atoms with E-state index < -0.39 is 0 Å². The monoisotopic (exact) mass is 338 g/mol. The van der Waals surface area contributed by atoms with E-state index in [4.69, 9.17) is 34.8 Å². The largest absolute Gasteiger partial charge is 0.320 e. The zero-order valence-electron chi connectivity index (χ0n) is 10.9. The molecule has 1 aliphatic heterocycles. The van der Waals surface area contributed by atoms with E-state index in [1.165, 1.54) is 0 Å². The second-order valence-corrected chi connectivity index (χ2v) is 5.85. The van der Waals surface area contributed by atoms with Gasteiger partial charge in [-0.05, 0) is 36.8 Å². The molecule has 0 unspecified atom stereocenters. The number of aryl methyl sites for hydroxylation is 1. The lowest BCUT2D eigenvalue weighted by molar-refractivity contribution is -0.110. The highest BCUT2D eigenvalue weighted by Gasteiger charge is 2.29. The summed E-state index contributed by atoms with van der Waals surface area (Å²) in [5.74, 6) is -0.285. The SMILES string of the molecule is Cc1ccc(Cl)c2c1NC(=O)C2=Nc1ccc(Cl)c(Cl)c1. The van der Waals surface area contributed by atoms with Crippen molar-refractivity contribution in [3.8, 4) is 0 Å². The molecule has 1 amide bonds. The first-order valence-electron chi connectivity index (χ1n) is 6.12. The number of amides is 1. The van der Waals surface area contributed by atoms with Crippen LogP contribution in [0.3, 0.4) is 0 Å². The van der Waals surface area contributed by atoms with Gasteiger partial charge in [-0.25, -0.2) is 4.99 Å². The van der Waals surface area contributed by atoms with Crippen molar-refractivity contribution < 1.29 is 4.79 Å². The molecule has 3 nitrogen and oxygen atoms in total. The van der Waals surface area contributed by atoms with Crippen molar-refractivity contribution in [3.63, 3.8) is 0 Å². The van der Waals surface area contributed by atoms with E-state index in [0.29, 0.717) is 32.0 Å². The average Bonchev–Trinajstić information content (AvgIpc) is 2.77. The molecule has 6 heteroatoms. The Morgan fingerprint density at radius 1 is 1.00 bits per heavy atom. The molecule has 0 aromatic heterocycles. The summed E-state index contributed by atoms with van der Waals surface area (Å²) in [6, 6.07) is 8.53. The summed E-state index contributed by atoms with van der Waals surface area (Å²) in [7, 11) is 0. The van der Waals surface area contributed by atoms with Crippen LogP contribution in [-0.2, 0) is 4.79 Å². The normalized spacial score (nSPS) is 15.2. The molecule has 1 aliphatic rings. The Kier molecular flexibility index (Phi) is 3.66. The molecule has 21 heavy (non-hydrogen) atoms. The number of carbonyl (C=O) groups excluding carboxylic acids is 1. The molecule has 0 radical (unpaired) electrons. The fraction of sp³-hybridized carbons (Fsp3) is 0.0667. The summed E-state index contributed by atoms with van der Waals surface area (Å²) in [6.45, 7) is 1.90. The second-order valence-electron chi connectivity index (χ2n) is 4.63. The van der Waals surface area contributed by atoms with Gasteiger partial charge in [0, 0.05) is 5.56 Å². The van der Waals surface area contributed by atoms with Gasteiger partial charge in [0.1, 0.15) is 5.71 Å². The molecule has 3 rings (SSSR count). The van der Waals surface area contributed by atoms with E-state index in [1.54, 1.807) is 24.3 Å². The van der Waals surface area contributed by atoms with Crippen molar-refractivity contribution in [3.05, 3.63) is 56.5 Å². The quantitative estimate of drug-likeness (QED) is 0.778. The molecule has 0 spiro atoms. The first kappa shape index (κ1) is 14.4. The molecule has 0 aliphatic carbocycles. The Bertz CT molecular complexity index is 800. The molecule has 0 fully saturated rings. The number of carbonyl (C=O) groups is 1. The third kappa shape index (κ3) is 2.53. The standard InChI is InChI=1S/C15H9Cl3N2O/c1-7-2-4-10(17)12-13(7)20-15(21)14(12)19-8-3-5-9(16)11(18)6-8/h2-6H,1H3,(H,19,20,21). The fourth-order valence-electron chi connectivity index (χ4n) is 2.15. The van der Waals surface area contributed by atoms with Crippen LogP contribution >= 0.6 is 34.8 Å². The third-order valence-electron chi connectivity index (χ3n) is 3.20. The van der Waals surface area contributed by atoms with Crippen LogP contribution in [0.4, 0.5) is 11.4 Å². The molecule has 106 valence electrons. The number of nitrogens with zero attached hydrogens (tertiary/aromatic N) is 1. The predicted molar refractivity (Wildman–Crippen MR) is 87.5 cm³/mol. The number of halogens is 3. The first-order valence-corrected chi connectivity index (χ1v) is 7.25. The van der Waals surface area contributed by atoms with E-state index in [0.717, 1.165) is 5.56 Å². The van der Waals surface area contributed by atoms with Crippen LogP contribution in [0.5, 0.6) is 0 Å². The van der Waals surface area contributed by atoms with Crippen LogP contribution in [0.1, 0.15) is 11.1 Å². The second kappa shape index (κ2) is 5.34. The van der Waals surface area contributed by atoms with Crippen LogP contribution < -0.4 is 5.32 Å². The van der Waals surface area contributed by atoms with Crippen LogP contribution in [0.2, 0.25) is 15.1 Å². The molecule has 0 atom stereocenters. The van der Waals surface area contributed by atoms with Crippen LogP contribution in [0.15, 0.2) is 35.3 Å². The highest BCUT2D eigenvalue weighted by Crippen LogP contribution is 2.35. The molecule has 0 saturated heterocycles. The van der Waals surface area contributed by atoms with E-state index in [2.05, 4.69) is 10.3 Å². The molecular weight excluding hydrogens is 331 g/mol. The van der Waals surface area contributed by atoms with Gasteiger partial charge in [-0.15, -0.1) is 0 Å². The van der Waals surface area contributed by atoms with E-state index in [9.17, 15) is 4.79 Å². The van der Waals surface area contributed by atoms with Crippen LogP contribution in [0, 0.1) is 6.92 Å². The summed E-state index contributed by atoms with van der Waals surface area (Å²) in [4.78, 5) is 16.5. The molecule has 1 heterocycles. The lowest BCUT2D eigenvalue weighted by atomic mass is 10.1. The number of hydrogen-bond donors (Lipinski definition) is 1. The third-order valence-corrected chi connectivity index (χ3v) is 4.25. The molecule has 2 aromatic rings. The number of anilines is 1. The Balaban J connectivity index is 2.16. The van der Waals surface area contributed by atoms with Gasteiger partial charge in [-0.1, -0.05) is 40.9 Å². The number of nitrogens with one attached hydrogen (secondary N) is 1. The number of aliphatic imine (C=N–C) groups is 1. The van der Waals surface area contributed by atoms with Gasteiger partial charge in [0.15, 0.2) is 0 Å². The van der Waals surface area contributed by atoms with E-state index >= 15 is 0 Å². The summed E-state index contributed by atoms with van der Waals surface area (Å²) in [5, 5.41) is 4.09. The van der Waals surface area contributed by atoms with Crippen LogP contribution in [0.25, 0.3) is 0 Å². The molecule has 1 N–H and O–H groups in total. The highest BCUT2D eigenvalue weighted by molar-refractivity contribution is 6.57. The lowest BCUT2D eigenvalue weighted by Gasteiger charge is -2.04. The minimum Gasteiger partial charge on any atom is -0.320 e. The lowest BCUT2D eigenvalue weighted by Crippen LogP contribution is -2.14. The van der Waals surface area contributed by atoms with E-state index in [1.807, 2.05) is 13.0 Å². The average molecular weight is 340 g/mol. The van der Waals surface area contributed by atoms with Crippen molar-refractivity contribution >= 4 is 57.8 Å². The molecule has 0 saturated carbocycles. The predicted octanol–water partition coefficient (Wildman–Crippen LogP) is 5.03. The number of fused-ring (bicyclic) bond motifs is 1. The van der Waals surface area contributed by atoms with Gasteiger partial charge >= 0.3 is 0 Å². The van der Waals surface area contributed by atoms with Crippen molar-refractivity contribution in [1.29, 1.82) is 0 Å². The molecule has 0 bridgehead atoms.